The molecule has 0 bridgehead atoms. The van der Waals surface area contributed by atoms with Crippen LogP contribution in [0.2, 0.25) is 0 Å². The average Bonchev–Trinajstić information content (AvgIpc) is 2.82. The summed E-state index contributed by atoms with van der Waals surface area (Å²) in [5.41, 5.74) is 3.35. The molecule has 4 rings (SSSR count). The van der Waals surface area contributed by atoms with Crippen molar-refractivity contribution in [3.05, 3.63) is 64.9 Å². The number of para-hydroxylation sites is 1. The molecule has 2 unspecified atom stereocenters. The van der Waals surface area contributed by atoms with Crippen LogP contribution in [0.5, 0.6) is 17.2 Å². The Kier molecular flexibility index (Phi) is 7.02. The molecule has 1 N–H and O–H groups in total. The Bertz CT molecular complexity index is 1070. The maximum absolute atomic E-state index is 13.4. The summed E-state index contributed by atoms with van der Waals surface area (Å²) in [5.74, 6) is 1.76. The largest absolute Gasteiger partial charge is 0.493 e. The maximum Gasteiger partial charge on any atom is 0.225 e. The van der Waals surface area contributed by atoms with Crippen molar-refractivity contribution in [2.45, 2.75) is 51.4 Å². The smallest absolute Gasteiger partial charge is 0.225 e. The van der Waals surface area contributed by atoms with Crippen LogP contribution in [0.25, 0.3) is 0 Å². The number of hydrogen-bond donors (Lipinski definition) is 1. The topological polar surface area (TPSA) is 73.9 Å². The van der Waals surface area contributed by atoms with E-state index in [4.69, 9.17) is 14.2 Å². The monoisotopic (exact) mass is 449 g/mol. The van der Waals surface area contributed by atoms with Gasteiger partial charge in [-0.1, -0.05) is 31.2 Å². The third-order valence-corrected chi connectivity index (χ3v) is 6.25. The number of methoxy groups -OCH3 is 1. The van der Waals surface area contributed by atoms with Crippen molar-refractivity contribution in [2.24, 2.45) is 0 Å². The second kappa shape index (κ2) is 10.1. The number of allylic oxidation sites excluding steroid dienone is 2. The number of ketones is 1. The van der Waals surface area contributed by atoms with Gasteiger partial charge < -0.3 is 19.5 Å². The fourth-order valence-electron chi connectivity index (χ4n) is 4.79. The van der Waals surface area contributed by atoms with Crippen molar-refractivity contribution < 1.29 is 23.8 Å². The molecule has 0 fully saturated rings. The minimum Gasteiger partial charge on any atom is -0.493 e. The van der Waals surface area contributed by atoms with Crippen LogP contribution in [0, 0.1) is 0 Å². The number of nitrogens with one attached hydrogen (secondary N) is 1. The summed E-state index contributed by atoms with van der Waals surface area (Å²) in [6, 6.07) is 13.5. The first-order valence-corrected chi connectivity index (χ1v) is 11.6. The van der Waals surface area contributed by atoms with Crippen LogP contribution in [0.1, 0.15) is 62.5 Å². The van der Waals surface area contributed by atoms with Gasteiger partial charge in [-0.25, -0.2) is 0 Å². The van der Waals surface area contributed by atoms with Gasteiger partial charge in [0.1, 0.15) is 5.75 Å². The van der Waals surface area contributed by atoms with Crippen molar-refractivity contribution in [1.29, 1.82) is 0 Å². The summed E-state index contributed by atoms with van der Waals surface area (Å²) in [7, 11) is 1.61. The summed E-state index contributed by atoms with van der Waals surface area (Å²) in [6.45, 7) is 5.12. The lowest BCUT2D eigenvalue weighted by Crippen LogP contribution is -2.38. The molecular formula is C27H31NO5. The standard InChI is InChI=1S/C27H31NO5/c1-4-12-33-23-9-7-6-8-19(23)20-16-26(30)28-21-13-18(14-22(29)27(20)21)17-10-11-24(32-5-2)25(15-17)31-3/h6-11,15,18,20H,4-5,12-14,16H2,1-3H3,(H,28,30). The van der Waals surface area contributed by atoms with Gasteiger partial charge >= 0.3 is 0 Å². The Morgan fingerprint density at radius 2 is 1.76 bits per heavy atom. The van der Waals surface area contributed by atoms with Crippen molar-refractivity contribution in [1.82, 2.24) is 5.32 Å². The fraction of sp³-hybridized carbons (Fsp3) is 0.407. The van der Waals surface area contributed by atoms with Crippen LogP contribution in [0.4, 0.5) is 0 Å². The molecule has 6 nitrogen and oxygen atoms in total. The van der Waals surface area contributed by atoms with E-state index < -0.39 is 0 Å². The summed E-state index contributed by atoms with van der Waals surface area (Å²) in [6.07, 6.45) is 2.12. The van der Waals surface area contributed by atoms with Gasteiger partial charge in [0.15, 0.2) is 17.3 Å². The predicted molar refractivity (Wildman–Crippen MR) is 126 cm³/mol. The fourth-order valence-corrected chi connectivity index (χ4v) is 4.79. The Labute approximate surface area is 194 Å². The molecule has 174 valence electrons. The lowest BCUT2D eigenvalue weighted by molar-refractivity contribution is -0.122. The van der Waals surface area contributed by atoms with Crippen molar-refractivity contribution in [2.75, 3.05) is 20.3 Å². The minimum atomic E-state index is -0.287. The van der Waals surface area contributed by atoms with E-state index in [0.717, 1.165) is 34.6 Å². The van der Waals surface area contributed by atoms with Gasteiger partial charge in [0.25, 0.3) is 0 Å². The third kappa shape index (κ3) is 4.75. The number of hydrogen-bond acceptors (Lipinski definition) is 5. The molecule has 33 heavy (non-hydrogen) atoms. The van der Waals surface area contributed by atoms with E-state index in [-0.39, 0.29) is 29.9 Å². The zero-order chi connectivity index (χ0) is 23.4. The summed E-state index contributed by atoms with van der Waals surface area (Å²) < 4.78 is 17.1. The molecule has 0 saturated heterocycles. The van der Waals surface area contributed by atoms with E-state index in [0.29, 0.717) is 37.6 Å². The van der Waals surface area contributed by atoms with E-state index in [1.807, 2.05) is 49.4 Å². The first kappa shape index (κ1) is 22.9. The molecule has 2 aromatic carbocycles. The molecule has 1 aliphatic carbocycles. The normalized spacial score (nSPS) is 20.2. The van der Waals surface area contributed by atoms with Gasteiger partial charge in [-0.05, 0) is 49.4 Å². The summed E-state index contributed by atoms with van der Waals surface area (Å²) in [4.78, 5) is 26.1. The molecule has 1 amide bonds. The zero-order valence-electron chi connectivity index (χ0n) is 19.5. The molecule has 2 aliphatic rings. The van der Waals surface area contributed by atoms with E-state index in [2.05, 4.69) is 12.2 Å². The molecule has 1 aliphatic heterocycles. The maximum atomic E-state index is 13.4. The number of Topliss-reactive ketones (excluding diaryl/α,β-unsaturated/α-hetero) is 1. The SMILES string of the molecule is CCCOc1ccccc1C1CC(=O)NC2=C1C(=O)CC(c1ccc(OCC)c(OC)c1)C2. The minimum absolute atomic E-state index is 0.0357. The van der Waals surface area contributed by atoms with Gasteiger partial charge in [0.2, 0.25) is 5.91 Å². The first-order valence-electron chi connectivity index (χ1n) is 11.6. The predicted octanol–water partition coefficient (Wildman–Crippen LogP) is 4.89. The highest BCUT2D eigenvalue weighted by Crippen LogP contribution is 2.45. The van der Waals surface area contributed by atoms with Crippen molar-refractivity contribution >= 4 is 11.7 Å². The molecule has 0 aromatic heterocycles. The van der Waals surface area contributed by atoms with E-state index in [9.17, 15) is 9.59 Å². The highest BCUT2D eigenvalue weighted by atomic mass is 16.5. The lowest BCUT2D eigenvalue weighted by atomic mass is 9.73. The number of benzene rings is 2. The first-order chi connectivity index (χ1) is 16.0. The average molecular weight is 450 g/mol. The summed E-state index contributed by atoms with van der Waals surface area (Å²) in [5, 5.41) is 2.99. The Hall–Kier alpha value is -3.28. The molecule has 2 aromatic rings. The van der Waals surface area contributed by atoms with Crippen LogP contribution in [0.3, 0.4) is 0 Å². The van der Waals surface area contributed by atoms with Gasteiger partial charge in [0, 0.05) is 35.6 Å². The number of carbonyl (C=O) groups excluding carboxylic acids is 2. The molecule has 6 heteroatoms. The van der Waals surface area contributed by atoms with Crippen LogP contribution in [-0.4, -0.2) is 32.0 Å². The van der Waals surface area contributed by atoms with Crippen molar-refractivity contribution in [3.63, 3.8) is 0 Å². The number of ether oxygens (including phenoxy) is 3. The van der Waals surface area contributed by atoms with E-state index in [1.54, 1.807) is 7.11 Å². The molecule has 0 spiro atoms. The third-order valence-electron chi connectivity index (χ3n) is 6.25. The molecular weight excluding hydrogens is 418 g/mol. The van der Waals surface area contributed by atoms with Crippen molar-refractivity contribution in [3.8, 4) is 17.2 Å². The van der Waals surface area contributed by atoms with Crippen LogP contribution < -0.4 is 19.5 Å². The summed E-state index contributed by atoms with van der Waals surface area (Å²) >= 11 is 0. The second-order valence-electron chi connectivity index (χ2n) is 8.46. The Morgan fingerprint density at radius 3 is 2.52 bits per heavy atom. The van der Waals surface area contributed by atoms with Gasteiger partial charge in [0.05, 0.1) is 20.3 Å². The number of amides is 1. The van der Waals surface area contributed by atoms with Crippen LogP contribution in [0.15, 0.2) is 53.7 Å². The molecule has 2 atom stereocenters. The van der Waals surface area contributed by atoms with Gasteiger partial charge in [-0.15, -0.1) is 0 Å². The molecule has 0 radical (unpaired) electrons. The lowest BCUT2D eigenvalue weighted by Gasteiger charge is -2.35. The van der Waals surface area contributed by atoms with Crippen LogP contribution in [-0.2, 0) is 9.59 Å². The zero-order valence-corrected chi connectivity index (χ0v) is 19.5. The second-order valence-corrected chi connectivity index (χ2v) is 8.46. The van der Waals surface area contributed by atoms with Gasteiger partial charge in [-0.3, -0.25) is 9.59 Å². The van der Waals surface area contributed by atoms with E-state index >= 15 is 0 Å². The Balaban J connectivity index is 1.67. The van der Waals surface area contributed by atoms with Gasteiger partial charge in [-0.2, -0.15) is 0 Å². The van der Waals surface area contributed by atoms with E-state index in [1.165, 1.54) is 0 Å². The molecule has 1 heterocycles. The highest BCUT2D eigenvalue weighted by molar-refractivity contribution is 6.02. The highest BCUT2D eigenvalue weighted by Gasteiger charge is 2.39. The van der Waals surface area contributed by atoms with Crippen LogP contribution >= 0.6 is 0 Å². The number of rotatable bonds is 8. The molecule has 0 saturated carbocycles. The number of carbonyl (C=O) groups is 2. The Morgan fingerprint density at radius 1 is 0.939 bits per heavy atom. The quantitative estimate of drug-likeness (QED) is 0.621.